The van der Waals surface area contributed by atoms with Crippen LogP contribution in [0, 0.1) is 5.92 Å². The molecule has 2 aromatic heterocycles. The van der Waals surface area contributed by atoms with Gasteiger partial charge in [0.2, 0.25) is 5.91 Å². The van der Waals surface area contributed by atoms with Crippen molar-refractivity contribution in [3.05, 3.63) is 96.4 Å². The zero-order valence-electron chi connectivity index (χ0n) is 20.4. The molecule has 188 valence electrons. The number of ether oxygens (including phenoxy) is 1. The van der Waals surface area contributed by atoms with Crippen LogP contribution in [0.15, 0.2) is 85.3 Å². The van der Waals surface area contributed by atoms with Gasteiger partial charge < -0.3 is 19.5 Å². The second kappa shape index (κ2) is 10.5. The van der Waals surface area contributed by atoms with Crippen LogP contribution in [-0.2, 0) is 9.53 Å². The fourth-order valence-corrected chi connectivity index (χ4v) is 4.61. The lowest BCUT2D eigenvalue weighted by Gasteiger charge is -2.31. The normalized spacial score (nSPS) is 13.8. The Kier molecular flexibility index (Phi) is 6.85. The van der Waals surface area contributed by atoms with Crippen LogP contribution >= 0.6 is 0 Å². The number of hydrogen-bond acceptors (Lipinski definition) is 5. The number of esters is 1. The molecular weight excluding hydrogens is 470 g/mol. The fourth-order valence-electron chi connectivity index (χ4n) is 4.61. The first-order chi connectivity index (χ1) is 18.1. The van der Waals surface area contributed by atoms with Crippen LogP contribution in [0.2, 0.25) is 0 Å². The van der Waals surface area contributed by atoms with Crippen LogP contribution in [0.4, 0.5) is 5.69 Å². The number of nitrogens with one attached hydrogen (secondary N) is 1. The van der Waals surface area contributed by atoms with Crippen molar-refractivity contribution < 1.29 is 19.1 Å². The lowest BCUT2D eigenvalue weighted by Crippen LogP contribution is -2.41. The molecule has 2 amide bonds. The number of rotatable bonds is 6. The van der Waals surface area contributed by atoms with Gasteiger partial charge in [0, 0.05) is 31.4 Å². The van der Waals surface area contributed by atoms with Crippen molar-refractivity contribution in [2.75, 3.05) is 25.5 Å². The number of carbonyl (C=O) groups excluding carboxylic acids is 3. The number of carbonyl (C=O) groups is 3. The standard InChI is InChI=1S/C28H27N5O4/c1-37-28(36)22-11-5-6-12-24(22)30-25(34)20-13-17-32(18-14-20)27(35)23-19-29-33(21-9-3-2-4-10-21)26(23)31-15-7-8-16-31/h2-12,15-16,19-20H,13-14,17-18H2,1H3,(H,30,34). The molecule has 0 saturated carbocycles. The Labute approximate surface area is 214 Å². The van der Waals surface area contributed by atoms with Gasteiger partial charge in [-0.25, -0.2) is 9.48 Å². The van der Waals surface area contributed by atoms with E-state index in [1.807, 2.05) is 59.4 Å². The van der Waals surface area contributed by atoms with E-state index in [-0.39, 0.29) is 17.7 Å². The second-order valence-corrected chi connectivity index (χ2v) is 8.81. The van der Waals surface area contributed by atoms with Crippen molar-refractivity contribution in [2.24, 2.45) is 5.92 Å². The van der Waals surface area contributed by atoms with Gasteiger partial charge in [0.15, 0.2) is 5.82 Å². The Balaban J connectivity index is 1.30. The minimum Gasteiger partial charge on any atom is -0.465 e. The molecule has 0 atom stereocenters. The van der Waals surface area contributed by atoms with E-state index in [2.05, 4.69) is 10.4 Å². The molecule has 5 rings (SSSR count). The molecule has 1 aliphatic heterocycles. The van der Waals surface area contributed by atoms with Gasteiger partial charge in [-0.05, 0) is 49.2 Å². The van der Waals surface area contributed by atoms with Crippen LogP contribution in [0.1, 0.15) is 33.6 Å². The molecular formula is C28H27N5O4. The number of piperidine rings is 1. The molecule has 9 nitrogen and oxygen atoms in total. The molecule has 1 aliphatic rings. The van der Waals surface area contributed by atoms with Crippen molar-refractivity contribution in [1.82, 2.24) is 19.2 Å². The first-order valence-electron chi connectivity index (χ1n) is 12.1. The van der Waals surface area contributed by atoms with Gasteiger partial charge in [0.25, 0.3) is 5.91 Å². The highest BCUT2D eigenvalue weighted by molar-refractivity contribution is 6.02. The van der Waals surface area contributed by atoms with Crippen LogP contribution in [0.5, 0.6) is 0 Å². The molecule has 0 aliphatic carbocycles. The van der Waals surface area contributed by atoms with Gasteiger partial charge >= 0.3 is 5.97 Å². The Bertz CT molecular complexity index is 1400. The lowest BCUT2D eigenvalue weighted by atomic mass is 9.95. The lowest BCUT2D eigenvalue weighted by molar-refractivity contribution is -0.121. The summed E-state index contributed by atoms with van der Waals surface area (Å²) >= 11 is 0. The summed E-state index contributed by atoms with van der Waals surface area (Å²) in [5.74, 6) is -0.411. The third-order valence-electron chi connectivity index (χ3n) is 6.57. The van der Waals surface area contributed by atoms with E-state index in [1.54, 1.807) is 40.0 Å². The first-order valence-corrected chi connectivity index (χ1v) is 12.1. The summed E-state index contributed by atoms with van der Waals surface area (Å²) in [7, 11) is 1.30. The Hall–Kier alpha value is -4.66. The highest BCUT2D eigenvalue weighted by atomic mass is 16.5. The molecule has 1 fully saturated rings. The van der Waals surface area contributed by atoms with E-state index >= 15 is 0 Å². The zero-order valence-corrected chi connectivity index (χ0v) is 20.4. The van der Waals surface area contributed by atoms with Crippen molar-refractivity contribution in [1.29, 1.82) is 0 Å². The number of benzene rings is 2. The Morgan fingerprint density at radius 1 is 0.892 bits per heavy atom. The SMILES string of the molecule is COC(=O)c1ccccc1NC(=O)C1CCN(C(=O)c2cnn(-c3ccccc3)c2-n2cccc2)CC1. The van der Waals surface area contributed by atoms with Gasteiger partial charge in [0.05, 0.1) is 30.2 Å². The number of nitrogens with zero attached hydrogens (tertiary/aromatic N) is 4. The Morgan fingerprint density at radius 3 is 2.27 bits per heavy atom. The molecule has 0 unspecified atom stereocenters. The number of hydrogen-bond donors (Lipinski definition) is 1. The summed E-state index contributed by atoms with van der Waals surface area (Å²) in [6.45, 7) is 0.883. The maximum absolute atomic E-state index is 13.6. The monoisotopic (exact) mass is 497 g/mol. The van der Waals surface area contributed by atoms with Crippen molar-refractivity contribution >= 4 is 23.5 Å². The fraction of sp³-hybridized carbons (Fsp3) is 0.214. The maximum atomic E-state index is 13.6. The van der Waals surface area contributed by atoms with Crippen molar-refractivity contribution in [3.63, 3.8) is 0 Å². The summed E-state index contributed by atoms with van der Waals surface area (Å²) in [6, 6.07) is 20.2. The molecule has 9 heteroatoms. The van der Waals surface area contributed by atoms with E-state index in [0.29, 0.717) is 48.6 Å². The molecule has 2 aromatic carbocycles. The van der Waals surface area contributed by atoms with Gasteiger partial charge in [0.1, 0.15) is 5.56 Å². The predicted octanol–water partition coefficient (Wildman–Crippen LogP) is 3.94. The molecule has 1 saturated heterocycles. The number of anilines is 1. The first kappa shape index (κ1) is 24.1. The number of para-hydroxylation sites is 2. The van der Waals surface area contributed by atoms with Crippen LogP contribution < -0.4 is 5.32 Å². The van der Waals surface area contributed by atoms with E-state index in [1.165, 1.54) is 7.11 Å². The summed E-state index contributed by atoms with van der Waals surface area (Å²) in [5, 5.41) is 7.38. The second-order valence-electron chi connectivity index (χ2n) is 8.81. The minimum absolute atomic E-state index is 0.124. The van der Waals surface area contributed by atoms with Gasteiger partial charge in [-0.15, -0.1) is 0 Å². The van der Waals surface area contributed by atoms with Gasteiger partial charge in [-0.1, -0.05) is 30.3 Å². The molecule has 37 heavy (non-hydrogen) atoms. The highest BCUT2D eigenvalue weighted by Crippen LogP contribution is 2.26. The van der Waals surface area contributed by atoms with E-state index in [9.17, 15) is 14.4 Å². The Morgan fingerprint density at radius 2 is 1.57 bits per heavy atom. The van der Waals surface area contributed by atoms with Crippen LogP contribution in [0.3, 0.4) is 0 Å². The summed E-state index contributed by atoms with van der Waals surface area (Å²) in [4.78, 5) is 40.3. The van der Waals surface area contributed by atoms with Crippen molar-refractivity contribution in [3.8, 4) is 11.5 Å². The zero-order chi connectivity index (χ0) is 25.8. The van der Waals surface area contributed by atoms with Crippen LogP contribution in [-0.4, -0.2) is 57.2 Å². The predicted molar refractivity (Wildman–Crippen MR) is 138 cm³/mol. The number of amides is 2. The molecule has 1 N–H and O–H groups in total. The topological polar surface area (TPSA) is 98.5 Å². The minimum atomic E-state index is -0.508. The average molecular weight is 498 g/mol. The third-order valence-corrected chi connectivity index (χ3v) is 6.57. The molecule has 4 aromatic rings. The van der Waals surface area contributed by atoms with Crippen LogP contribution in [0.25, 0.3) is 11.5 Å². The average Bonchev–Trinajstić information content (AvgIpc) is 3.63. The number of aromatic nitrogens is 3. The van der Waals surface area contributed by atoms with E-state index in [0.717, 1.165) is 5.69 Å². The third kappa shape index (κ3) is 4.88. The molecule has 0 radical (unpaired) electrons. The quantitative estimate of drug-likeness (QED) is 0.407. The highest BCUT2D eigenvalue weighted by Gasteiger charge is 2.31. The summed E-state index contributed by atoms with van der Waals surface area (Å²) in [5.41, 5.74) is 2.07. The van der Waals surface area contributed by atoms with Gasteiger partial charge in [-0.2, -0.15) is 5.10 Å². The summed E-state index contributed by atoms with van der Waals surface area (Å²) < 4.78 is 8.45. The molecule has 0 bridgehead atoms. The number of likely N-dealkylation sites (tertiary alicyclic amines) is 1. The molecule has 0 spiro atoms. The smallest absolute Gasteiger partial charge is 0.339 e. The van der Waals surface area contributed by atoms with E-state index in [4.69, 9.17) is 4.74 Å². The maximum Gasteiger partial charge on any atom is 0.339 e. The van der Waals surface area contributed by atoms with Crippen molar-refractivity contribution in [2.45, 2.75) is 12.8 Å². The summed E-state index contributed by atoms with van der Waals surface area (Å²) in [6.07, 6.45) is 6.41. The van der Waals surface area contributed by atoms with E-state index < -0.39 is 5.97 Å². The van der Waals surface area contributed by atoms with Gasteiger partial charge in [-0.3, -0.25) is 9.59 Å². The number of methoxy groups -OCH3 is 1. The molecule has 3 heterocycles. The largest absolute Gasteiger partial charge is 0.465 e.